The molecular weight excluding hydrogens is 352 g/mol. The molecular formula is C23H24N2OS. The molecule has 0 aliphatic carbocycles. The molecule has 27 heavy (non-hydrogen) atoms. The molecule has 0 unspecified atom stereocenters. The van der Waals surface area contributed by atoms with Gasteiger partial charge in [0.15, 0.2) is 4.80 Å². The number of hydrogen-bond donors (Lipinski definition) is 0. The van der Waals surface area contributed by atoms with Gasteiger partial charge in [-0.1, -0.05) is 68.4 Å². The largest absolute Gasteiger partial charge is 0.305 e. The van der Waals surface area contributed by atoms with E-state index in [0.29, 0.717) is 23.7 Å². The van der Waals surface area contributed by atoms with Crippen LogP contribution in [0.1, 0.15) is 43.4 Å². The molecule has 2 aromatic carbocycles. The van der Waals surface area contributed by atoms with Gasteiger partial charge in [0, 0.05) is 0 Å². The predicted octanol–water partition coefficient (Wildman–Crippen LogP) is 4.69. The zero-order chi connectivity index (χ0) is 19.4. The fraction of sp³-hybridized carbons (Fsp3) is 0.304. The van der Waals surface area contributed by atoms with Gasteiger partial charge in [-0.3, -0.25) is 4.79 Å². The zero-order valence-electron chi connectivity index (χ0n) is 16.0. The van der Waals surface area contributed by atoms with Crippen molar-refractivity contribution in [2.45, 2.75) is 46.1 Å². The summed E-state index contributed by atoms with van der Waals surface area (Å²) in [4.78, 5) is 17.6. The molecule has 3 aromatic rings. The number of aromatic nitrogens is 1. The Morgan fingerprint density at radius 1 is 1.19 bits per heavy atom. The Labute approximate surface area is 164 Å². The van der Waals surface area contributed by atoms with Crippen molar-refractivity contribution < 1.29 is 4.79 Å². The molecule has 0 spiro atoms. The standard InChI is InChI=1S/C23H24N2OS/c1-5-13-25-20-12-9-17(6-2)14-21(20)27-23(25)24-22(26)15-18-7-10-19(11-8-18)16(3)4/h1,7-12,14,16H,6,13,15H2,2-4H3. The fourth-order valence-electron chi connectivity index (χ4n) is 3.01. The second kappa shape index (κ2) is 8.37. The van der Waals surface area contributed by atoms with Crippen molar-refractivity contribution in [2.24, 2.45) is 4.99 Å². The Kier molecular flexibility index (Phi) is 5.93. The van der Waals surface area contributed by atoms with Gasteiger partial charge in [0.1, 0.15) is 0 Å². The van der Waals surface area contributed by atoms with E-state index in [9.17, 15) is 4.79 Å². The Bertz CT molecular complexity index is 1060. The maximum absolute atomic E-state index is 12.5. The summed E-state index contributed by atoms with van der Waals surface area (Å²) in [6, 6.07) is 14.5. The number of thiazole rings is 1. The quantitative estimate of drug-likeness (QED) is 0.595. The molecule has 0 N–H and O–H groups in total. The summed E-state index contributed by atoms with van der Waals surface area (Å²) in [5.74, 6) is 3.00. The predicted molar refractivity (Wildman–Crippen MR) is 113 cm³/mol. The van der Waals surface area contributed by atoms with Crippen LogP contribution in [0, 0.1) is 12.3 Å². The highest BCUT2D eigenvalue weighted by Gasteiger charge is 2.09. The minimum Gasteiger partial charge on any atom is -0.305 e. The van der Waals surface area contributed by atoms with Gasteiger partial charge in [-0.25, -0.2) is 0 Å². The molecule has 1 amide bonds. The fourth-order valence-corrected chi connectivity index (χ4v) is 4.12. The highest BCUT2D eigenvalue weighted by molar-refractivity contribution is 7.16. The molecule has 0 bridgehead atoms. The molecule has 0 aliphatic heterocycles. The minimum absolute atomic E-state index is 0.152. The van der Waals surface area contributed by atoms with E-state index in [2.05, 4.69) is 62.0 Å². The first-order valence-electron chi connectivity index (χ1n) is 9.24. The van der Waals surface area contributed by atoms with Crippen LogP contribution in [0.15, 0.2) is 47.5 Å². The molecule has 1 heterocycles. The molecule has 3 rings (SSSR count). The molecule has 138 valence electrons. The second-order valence-corrected chi connectivity index (χ2v) is 7.92. The van der Waals surface area contributed by atoms with Crippen LogP contribution >= 0.6 is 11.3 Å². The van der Waals surface area contributed by atoms with Crippen molar-refractivity contribution in [1.29, 1.82) is 0 Å². The van der Waals surface area contributed by atoms with E-state index in [-0.39, 0.29) is 5.91 Å². The Morgan fingerprint density at radius 2 is 1.89 bits per heavy atom. The van der Waals surface area contributed by atoms with Crippen LogP contribution in [0.3, 0.4) is 0 Å². The number of terminal acetylenes is 1. The van der Waals surface area contributed by atoms with Crippen molar-refractivity contribution in [3.8, 4) is 12.3 Å². The lowest BCUT2D eigenvalue weighted by molar-refractivity contribution is -0.117. The number of benzene rings is 2. The van der Waals surface area contributed by atoms with Gasteiger partial charge < -0.3 is 4.57 Å². The van der Waals surface area contributed by atoms with E-state index >= 15 is 0 Å². The normalized spacial score (nSPS) is 11.9. The van der Waals surface area contributed by atoms with Crippen molar-refractivity contribution in [1.82, 2.24) is 4.57 Å². The molecule has 0 saturated carbocycles. The van der Waals surface area contributed by atoms with E-state index in [1.165, 1.54) is 22.5 Å². The van der Waals surface area contributed by atoms with Gasteiger partial charge in [-0.2, -0.15) is 4.99 Å². The van der Waals surface area contributed by atoms with Crippen LogP contribution < -0.4 is 4.80 Å². The number of amides is 1. The van der Waals surface area contributed by atoms with Crippen LogP contribution in [0.25, 0.3) is 10.2 Å². The smallest absolute Gasteiger partial charge is 0.252 e. The second-order valence-electron chi connectivity index (χ2n) is 6.91. The third kappa shape index (κ3) is 4.37. The van der Waals surface area contributed by atoms with Gasteiger partial charge in [-0.15, -0.1) is 6.42 Å². The molecule has 0 fully saturated rings. The summed E-state index contributed by atoms with van der Waals surface area (Å²) in [7, 11) is 0. The first-order valence-corrected chi connectivity index (χ1v) is 10.1. The maximum atomic E-state index is 12.5. The summed E-state index contributed by atoms with van der Waals surface area (Å²) < 4.78 is 3.05. The number of fused-ring (bicyclic) bond motifs is 1. The first-order chi connectivity index (χ1) is 13.0. The van der Waals surface area contributed by atoms with Gasteiger partial charge in [0.25, 0.3) is 5.91 Å². The lowest BCUT2D eigenvalue weighted by Gasteiger charge is -2.05. The van der Waals surface area contributed by atoms with E-state index in [1.807, 2.05) is 16.7 Å². The van der Waals surface area contributed by atoms with Crippen molar-refractivity contribution in [3.63, 3.8) is 0 Å². The summed E-state index contributed by atoms with van der Waals surface area (Å²) in [6.45, 7) is 6.85. The molecule has 4 heteroatoms. The maximum Gasteiger partial charge on any atom is 0.252 e. The number of carbonyl (C=O) groups excluding carboxylic acids is 1. The van der Waals surface area contributed by atoms with E-state index in [0.717, 1.165) is 22.2 Å². The average Bonchev–Trinajstić information content (AvgIpc) is 2.98. The lowest BCUT2D eigenvalue weighted by Crippen LogP contribution is -2.17. The zero-order valence-corrected chi connectivity index (χ0v) is 16.8. The van der Waals surface area contributed by atoms with Gasteiger partial charge in [0.2, 0.25) is 0 Å². The number of carbonyl (C=O) groups is 1. The molecule has 1 aromatic heterocycles. The molecule has 0 aliphatic rings. The third-order valence-corrected chi connectivity index (χ3v) is 5.67. The van der Waals surface area contributed by atoms with Gasteiger partial charge >= 0.3 is 0 Å². The van der Waals surface area contributed by atoms with Crippen molar-refractivity contribution >= 4 is 27.5 Å². The topological polar surface area (TPSA) is 34.4 Å². The minimum atomic E-state index is -0.152. The molecule has 0 radical (unpaired) electrons. The van der Waals surface area contributed by atoms with Crippen LogP contribution in [0.2, 0.25) is 0 Å². The average molecular weight is 377 g/mol. The number of nitrogens with zero attached hydrogens (tertiary/aromatic N) is 2. The van der Waals surface area contributed by atoms with Gasteiger partial charge in [-0.05, 0) is 41.2 Å². The summed E-state index contributed by atoms with van der Waals surface area (Å²) in [5.41, 5.74) is 4.54. The third-order valence-electron chi connectivity index (χ3n) is 4.63. The first kappa shape index (κ1) is 19.1. The van der Waals surface area contributed by atoms with E-state index in [1.54, 1.807) is 0 Å². The van der Waals surface area contributed by atoms with Crippen LogP contribution in [-0.4, -0.2) is 10.5 Å². The Balaban J connectivity index is 1.92. The Hall–Kier alpha value is -2.64. The highest BCUT2D eigenvalue weighted by atomic mass is 32.1. The molecule has 0 saturated heterocycles. The SMILES string of the molecule is C#CCn1c(=NC(=O)Cc2ccc(C(C)C)cc2)sc2cc(CC)ccc21. The van der Waals surface area contributed by atoms with Gasteiger partial charge in [0.05, 0.1) is 23.2 Å². The highest BCUT2D eigenvalue weighted by Crippen LogP contribution is 2.20. The van der Waals surface area contributed by atoms with Crippen LogP contribution in [-0.2, 0) is 24.2 Å². The lowest BCUT2D eigenvalue weighted by atomic mass is 10.0. The Morgan fingerprint density at radius 3 is 2.52 bits per heavy atom. The van der Waals surface area contributed by atoms with Crippen LogP contribution in [0.5, 0.6) is 0 Å². The summed E-state index contributed by atoms with van der Waals surface area (Å²) in [5, 5.41) is 0. The monoisotopic (exact) mass is 376 g/mol. The van der Waals surface area contributed by atoms with Crippen molar-refractivity contribution in [3.05, 3.63) is 64.0 Å². The summed E-state index contributed by atoms with van der Waals surface area (Å²) in [6.07, 6.45) is 6.80. The number of rotatable bonds is 5. The van der Waals surface area contributed by atoms with Crippen molar-refractivity contribution in [2.75, 3.05) is 0 Å². The molecule has 3 nitrogen and oxygen atoms in total. The number of hydrogen-bond acceptors (Lipinski definition) is 2. The van der Waals surface area contributed by atoms with Crippen LogP contribution in [0.4, 0.5) is 0 Å². The molecule has 0 atom stereocenters. The number of aryl methyl sites for hydroxylation is 1. The van der Waals surface area contributed by atoms with E-state index in [4.69, 9.17) is 6.42 Å². The summed E-state index contributed by atoms with van der Waals surface area (Å²) >= 11 is 1.52. The van der Waals surface area contributed by atoms with E-state index < -0.39 is 0 Å².